The molecule has 0 bridgehead atoms. The Kier molecular flexibility index (Phi) is 2.76. The number of hydrogen-bond acceptors (Lipinski definition) is 1. The van der Waals surface area contributed by atoms with E-state index in [1.54, 1.807) is 0 Å². The van der Waals surface area contributed by atoms with Crippen LogP contribution in [-0.4, -0.2) is 5.78 Å². The lowest BCUT2D eigenvalue weighted by molar-refractivity contribution is -0.125. The average Bonchev–Trinajstić information content (AvgIpc) is 3.00. The van der Waals surface area contributed by atoms with Gasteiger partial charge in [-0.15, -0.1) is 0 Å². The molecule has 0 aliphatic heterocycles. The molecule has 0 amide bonds. The second kappa shape index (κ2) is 3.88. The van der Waals surface area contributed by atoms with E-state index in [2.05, 4.69) is 19.1 Å². The summed E-state index contributed by atoms with van der Waals surface area (Å²) in [7, 11) is 0. The highest BCUT2D eigenvalue weighted by Gasteiger charge is 2.53. The molecule has 2 aliphatic rings. The lowest BCUT2D eigenvalue weighted by Gasteiger charge is -2.25. The highest BCUT2D eigenvalue weighted by atomic mass is 16.1. The molecule has 1 saturated carbocycles. The molecule has 0 N–H and O–H groups in total. The van der Waals surface area contributed by atoms with Crippen LogP contribution < -0.4 is 0 Å². The van der Waals surface area contributed by atoms with Crippen molar-refractivity contribution < 1.29 is 4.79 Å². The minimum Gasteiger partial charge on any atom is -0.299 e. The molecule has 0 heterocycles. The molecule has 14 heavy (non-hydrogen) atoms. The van der Waals surface area contributed by atoms with E-state index in [-0.39, 0.29) is 5.41 Å². The van der Waals surface area contributed by atoms with Gasteiger partial charge < -0.3 is 0 Å². The van der Waals surface area contributed by atoms with Crippen molar-refractivity contribution in [3.05, 3.63) is 12.2 Å². The Morgan fingerprint density at radius 1 is 1.50 bits per heavy atom. The molecule has 0 saturated heterocycles. The van der Waals surface area contributed by atoms with Crippen molar-refractivity contribution in [2.75, 3.05) is 0 Å². The summed E-state index contributed by atoms with van der Waals surface area (Å²) in [6.07, 6.45) is 12.4. The third-order valence-electron chi connectivity index (χ3n) is 3.79. The van der Waals surface area contributed by atoms with Crippen molar-refractivity contribution in [2.24, 2.45) is 11.3 Å². The van der Waals surface area contributed by atoms with E-state index in [0.29, 0.717) is 11.7 Å². The van der Waals surface area contributed by atoms with Gasteiger partial charge in [0.05, 0.1) is 0 Å². The number of carbonyl (C=O) groups excluding carboxylic acids is 1. The average molecular weight is 192 g/mol. The zero-order chi connectivity index (χ0) is 10.0. The Labute approximate surface area is 86.6 Å². The largest absolute Gasteiger partial charge is 0.299 e. The van der Waals surface area contributed by atoms with E-state index in [1.807, 2.05) is 0 Å². The molecule has 78 valence electrons. The van der Waals surface area contributed by atoms with Crippen molar-refractivity contribution in [2.45, 2.75) is 51.9 Å². The van der Waals surface area contributed by atoms with E-state index in [4.69, 9.17) is 0 Å². The summed E-state index contributed by atoms with van der Waals surface area (Å²) in [6, 6.07) is 0. The lowest BCUT2D eigenvalue weighted by Crippen LogP contribution is -2.25. The van der Waals surface area contributed by atoms with E-state index in [1.165, 1.54) is 19.3 Å². The van der Waals surface area contributed by atoms with Crippen LogP contribution in [-0.2, 0) is 4.79 Å². The van der Waals surface area contributed by atoms with Crippen LogP contribution in [0.5, 0.6) is 0 Å². The number of Topliss-reactive ketones (excluding diaryl/α,β-unsaturated/α-hetero) is 1. The molecule has 1 atom stereocenters. The molecule has 1 fully saturated rings. The molecule has 0 aromatic rings. The maximum absolute atomic E-state index is 12.0. The summed E-state index contributed by atoms with van der Waals surface area (Å²) in [5.41, 5.74) is 0.104. The van der Waals surface area contributed by atoms with Gasteiger partial charge in [0, 0.05) is 11.8 Å². The molecular formula is C13H20O. The van der Waals surface area contributed by atoms with Gasteiger partial charge >= 0.3 is 0 Å². The van der Waals surface area contributed by atoms with Gasteiger partial charge in [0.1, 0.15) is 5.78 Å². The smallest absolute Gasteiger partial charge is 0.139 e. The van der Waals surface area contributed by atoms with Crippen molar-refractivity contribution in [1.29, 1.82) is 0 Å². The fourth-order valence-electron chi connectivity index (χ4n) is 2.74. The van der Waals surface area contributed by atoms with E-state index >= 15 is 0 Å². The first-order valence-electron chi connectivity index (χ1n) is 5.99. The minimum atomic E-state index is 0.104. The molecule has 2 aliphatic carbocycles. The Balaban J connectivity index is 2.04. The van der Waals surface area contributed by atoms with Crippen LogP contribution in [0, 0.1) is 11.3 Å². The molecule has 0 aromatic heterocycles. The first-order chi connectivity index (χ1) is 6.79. The summed E-state index contributed by atoms with van der Waals surface area (Å²) >= 11 is 0. The molecule has 1 heteroatoms. The van der Waals surface area contributed by atoms with Crippen LogP contribution in [0.2, 0.25) is 0 Å². The minimum absolute atomic E-state index is 0.104. The Bertz CT molecular complexity index is 248. The quantitative estimate of drug-likeness (QED) is 0.623. The zero-order valence-electron chi connectivity index (χ0n) is 9.09. The molecule has 1 unspecified atom stereocenters. The highest BCUT2D eigenvalue weighted by molar-refractivity contribution is 5.87. The van der Waals surface area contributed by atoms with Crippen molar-refractivity contribution in [3.63, 3.8) is 0 Å². The van der Waals surface area contributed by atoms with Crippen LogP contribution in [0.15, 0.2) is 12.2 Å². The summed E-state index contributed by atoms with van der Waals surface area (Å²) in [5, 5.41) is 0. The third-order valence-corrected chi connectivity index (χ3v) is 3.79. The fraction of sp³-hybridized carbons (Fsp3) is 0.769. The van der Waals surface area contributed by atoms with Gasteiger partial charge in [-0.2, -0.15) is 0 Å². The molecule has 0 spiro atoms. The predicted octanol–water partition coefficient (Wildman–Crippen LogP) is 3.49. The summed E-state index contributed by atoms with van der Waals surface area (Å²) in [6.45, 7) is 2.10. The second-order valence-electron chi connectivity index (χ2n) is 4.79. The Morgan fingerprint density at radius 3 is 2.79 bits per heavy atom. The lowest BCUT2D eigenvalue weighted by atomic mass is 9.78. The van der Waals surface area contributed by atoms with Gasteiger partial charge in [0.25, 0.3) is 0 Å². The molecule has 0 aromatic carbocycles. The van der Waals surface area contributed by atoms with Crippen LogP contribution in [0.1, 0.15) is 51.9 Å². The second-order valence-corrected chi connectivity index (χ2v) is 4.79. The standard InChI is InChI=1S/C13H20O/c1-2-6-12(14)13(9-10-13)11-7-4-3-5-8-11/h4,7,11H,2-3,5-6,8-10H2,1H3. The fourth-order valence-corrected chi connectivity index (χ4v) is 2.74. The summed E-state index contributed by atoms with van der Waals surface area (Å²) < 4.78 is 0. The van der Waals surface area contributed by atoms with E-state index in [9.17, 15) is 4.79 Å². The van der Waals surface area contributed by atoms with Crippen LogP contribution in [0.4, 0.5) is 0 Å². The summed E-state index contributed by atoms with van der Waals surface area (Å²) in [4.78, 5) is 12.0. The predicted molar refractivity (Wildman–Crippen MR) is 58.1 cm³/mol. The third kappa shape index (κ3) is 1.65. The number of carbonyl (C=O) groups is 1. The first-order valence-corrected chi connectivity index (χ1v) is 5.99. The summed E-state index contributed by atoms with van der Waals surface area (Å²) in [5.74, 6) is 1.12. The SMILES string of the molecule is CCCC(=O)C1(C2C=CCCC2)CC1. The van der Waals surface area contributed by atoms with Crippen molar-refractivity contribution in [3.8, 4) is 0 Å². The zero-order valence-corrected chi connectivity index (χ0v) is 9.09. The maximum Gasteiger partial charge on any atom is 0.139 e. The number of ketones is 1. The Morgan fingerprint density at radius 2 is 2.29 bits per heavy atom. The number of rotatable bonds is 4. The molecule has 0 radical (unpaired) electrons. The first kappa shape index (κ1) is 9.95. The molecule has 1 nitrogen and oxygen atoms in total. The monoisotopic (exact) mass is 192 g/mol. The van der Waals surface area contributed by atoms with Crippen molar-refractivity contribution in [1.82, 2.24) is 0 Å². The highest BCUT2D eigenvalue weighted by Crippen LogP contribution is 2.56. The van der Waals surface area contributed by atoms with Gasteiger partial charge in [0.2, 0.25) is 0 Å². The molecule has 2 rings (SSSR count). The van der Waals surface area contributed by atoms with Gasteiger partial charge in [-0.25, -0.2) is 0 Å². The maximum atomic E-state index is 12.0. The number of allylic oxidation sites excluding steroid dienone is 2. The van der Waals surface area contributed by atoms with Gasteiger partial charge in [-0.3, -0.25) is 4.79 Å². The van der Waals surface area contributed by atoms with Crippen LogP contribution in [0.3, 0.4) is 0 Å². The Hall–Kier alpha value is -0.590. The molecular weight excluding hydrogens is 172 g/mol. The van der Waals surface area contributed by atoms with E-state index in [0.717, 1.165) is 25.7 Å². The normalized spacial score (nSPS) is 28.8. The van der Waals surface area contributed by atoms with Gasteiger partial charge in [-0.1, -0.05) is 19.1 Å². The van der Waals surface area contributed by atoms with Gasteiger partial charge in [0.15, 0.2) is 0 Å². The van der Waals surface area contributed by atoms with E-state index < -0.39 is 0 Å². The van der Waals surface area contributed by atoms with Crippen LogP contribution >= 0.6 is 0 Å². The topological polar surface area (TPSA) is 17.1 Å². The van der Waals surface area contributed by atoms with Gasteiger partial charge in [-0.05, 0) is 44.4 Å². The van der Waals surface area contributed by atoms with Crippen LogP contribution in [0.25, 0.3) is 0 Å². The number of hydrogen-bond donors (Lipinski definition) is 0. The van der Waals surface area contributed by atoms with Crippen molar-refractivity contribution >= 4 is 5.78 Å².